The fourth-order valence-corrected chi connectivity index (χ4v) is 3.31. The van der Waals surface area contributed by atoms with Gasteiger partial charge in [0.15, 0.2) is 5.82 Å². The number of aryl methyl sites for hydroxylation is 1. The third kappa shape index (κ3) is 3.40. The van der Waals surface area contributed by atoms with Crippen molar-refractivity contribution in [1.29, 1.82) is 0 Å². The van der Waals surface area contributed by atoms with Crippen LogP contribution in [-0.4, -0.2) is 52.2 Å². The van der Waals surface area contributed by atoms with Crippen LogP contribution in [0.25, 0.3) is 5.69 Å². The summed E-state index contributed by atoms with van der Waals surface area (Å²) in [4.78, 5) is 16.9. The van der Waals surface area contributed by atoms with Crippen LogP contribution in [0.5, 0.6) is 0 Å². The number of carbonyl (C=O) groups is 1. The summed E-state index contributed by atoms with van der Waals surface area (Å²) < 4.78 is 14.0. The Morgan fingerprint density at radius 2 is 1.61 bits per heavy atom. The van der Waals surface area contributed by atoms with E-state index < -0.39 is 5.97 Å². The quantitative estimate of drug-likeness (QED) is 0.749. The van der Waals surface area contributed by atoms with Crippen molar-refractivity contribution in [3.8, 4) is 5.69 Å². The van der Waals surface area contributed by atoms with E-state index in [-0.39, 0.29) is 11.5 Å². The maximum absolute atomic E-state index is 14.0. The summed E-state index contributed by atoms with van der Waals surface area (Å²) in [5, 5.41) is 18.2. The molecule has 1 aliphatic heterocycles. The number of para-hydroxylation sites is 1. The molecular weight excluding hydrogens is 361 g/mol. The first-order chi connectivity index (χ1) is 13.5. The van der Waals surface area contributed by atoms with Crippen LogP contribution < -0.4 is 9.80 Å². The van der Waals surface area contributed by atoms with E-state index in [2.05, 4.69) is 10.2 Å². The van der Waals surface area contributed by atoms with Gasteiger partial charge in [0.25, 0.3) is 0 Å². The highest BCUT2D eigenvalue weighted by Gasteiger charge is 2.27. The smallest absolute Gasteiger partial charge is 0.360 e. The van der Waals surface area contributed by atoms with E-state index in [1.54, 1.807) is 18.2 Å². The van der Waals surface area contributed by atoms with E-state index in [0.29, 0.717) is 43.4 Å². The lowest BCUT2D eigenvalue weighted by atomic mass is 10.2. The van der Waals surface area contributed by atoms with Crippen LogP contribution in [0.2, 0.25) is 0 Å². The van der Waals surface area contributed by atoms with Crippen molar-refractivity contribution in [2.75, 3.05) is 36.0 Å². The Morgan fingerprint density at radius 1 is 0.964 bits per heavy atom. The first kappa shape index (κ1) is 18.0. The van der Waals surface area contributed by atoms with Crippen LogP contribution in [0.4, 0.5) is 15.9 Å². The topological polar surface area (TPSA) is 74.5 Å². The van der Waals surface area contributed by atoms with Crippen molar-refractivity contribution < 1.29 is 14.3 Å². The Hall–Kier alpha value is -3.42. The summed E-state index contributed by atoms with van der Waals surface area (Å²) in [7, 11) is 0. The van der Waals surface area contributed by atoms with Crippen LogP contribution >= 0.6 is 0 Å². The fourth-order valence-electron chi connectivity index (χ4n) is 3.31. The Balaban J connectivity index is 1.57. The third-order valence-electron chi connectivity index (χ3n) is 4.84. The zero-order valence-corrected chi connectivity index (χ0v) is 15.4. The second kappa shape index (κ2) is 7.30. The van der Waals surface area contributed by atoms with Gasteiger partial charge in [-0.15, -0.1) is 15.0 Å². The average Bonchev–Trinajstić information content (AvgIpc) is 3.15. The molecule has 4 rings (SSSR count). The van der Waals surface area contributed by atoms with E-state index in [0.717, 1.165) is 5.56 Å². The Kier molecular flexibility index (Phi) is 4.68. The molecule has 8 heteroatoms. The molecule has 1 aliphatic rings. The number of rotatable bonds is 4. The van der Waals surface area contributed by atoms with Crippen LogP contribution in [-0.2, 0) is 0 Å². The highest BCUT2D eigenvalue weighted by atomic mass is 19.1. The second-order valence-corrected chi connectivity index (χ2v) is 6.73. The molecule has 2 aromatic carbocycles. The van der Waals surface area contributed by atoms with Gasteiger partial charge in [-0.1, -0.05) is 29.8 Å². The zero-order valence-electron chi connectivity index (χ0n) is 15.4. The monoisotopic (exact) mass is 381 g/mol. The summed E-state index contributed by atoms with van der Waals surface area (Å²) in [6.07, 6.45) is 0. The molecule has 0 amide bonds. The van der Waals surface area contributed by atoms with Gasteiger partial charge in [0, 0.05) is 26.2 Å². The van der Waals surface area contributed by atoms with Gasteiger partial charge in [-0.2, -0.15) is 0 Å². The number of carboxylic acid groups (broad SMARTS) is 1. The largest absolute Gasteiger partial charge is 0.476 e. The first-order valence-corrected chi connectivity index (χ1v) is 9.05. The molecule has 0 spiro atoms. The maximum Gasteiger partial charge on any atom is 0.360 e. The van der Waals surface area contributed by atoms with Crippen molar-refractivity contribution in [2.24, 2.45) is 0 Å². The van der Waals surface area contributed by atoms with Gasteiger partial charge in [0.1, 0.15) is 5.82 Å². The number of piperazine rings is 1. The molecule has 1 fully saturated rings. The summed E-state index contributed by atoms with van der Waals surface area (Å²) in [5.41, 5.74) is 2.27. The normalized spacial score (nSPS) is 14.4. The van der Waals surface area contributed by atoms with E-state index in [1.807, 2.05) is 41.0 Å². The number of hydrogen-bond donors (Lipinski definition) is 1. The van der Waals surface area contributed by atoms with Crippen LogP contribution in [0.15, 0.2) is 48.5 Å². The van der Waals surface area contributed by atoms with Crippen molar-refractivity contribution >= 4 is 17.5 Å². The lowest BCUT2D eigenvalue weighted by molar-refractivity contribution is 0.0690. The van der Waals surface area contributed by atoms with Crippen molar-refractivity contribution in [3.05, 3.63) is 65.6 Å². The number of aromatic carboxylic acids is 1. The van der Waals surface area contributed by atoms with Crippen LogP contribution in [0.3, 0.4) is 0 Å². The van der Waals surface area contributed by atoms with Gasteiger partial charge >= 0.3 is 5.97 Å². The molecule has 0 unspecified atom stereocenters. The molecule has 0 saturated carbocycles. The molecule has 144 valence electrons. The number of nitrogens with zero attached hydrogens (tertiary/aromatic N) is 5. The second-order valence-electron chi connectivity index (χ2n) is 6.73. The minimum absolute atomic E-state index is 0.0834. The SMILES string of the molecule is Cc1ccc(-n2nc(C(=O)O)c(N3CCN(c4ccccc4F)CC3)n2)cc1. The molecule has 2 heterocycles. The van der Waals surface area contributed by atoms with Crippen molar-refractivity contribution in [3.63, 3.8) is 0 Å². The molecule has 1 aromatic heterocycles. The molecule has 7 nitrogen and oxygen atoms in total. The molecule has 3 aromatic rings. The summed E-state index contributed by atoms with van der Waals surface area (Å²) in [5.74, 6) is -1.04. The minimum atomic E-state index is -1.12. The number of halogens is 1. The molecule has 0 radical (unpaired) electrons. The number of benzene rings is 2. The molecular formula is C20H20FN5O2. The number of hydrogen-bond acceptors (Lipinski definition) is 5. The van der Waals surface area contributed by atoms with Crippen LogP contribution in [0, 0.1) is 12.7 Å². The number of carboxylic acids is 1. The highest BCUT2D eigenvalue weighted by molar-refractivity contribution is 5.91. The third-order valence-corrected chi connectivity index (χ3v) is 4.84. The van der Waals surface area contributed by atoms with Gasteiger partial charge in [-0.3, -0.25) is 0 Å². The van der Waals surface area contributed by atoms with E-state index in [4.69, 9.17) is 0 Å². The first-order valence-electron chi connectivity index (χ1n) is 9.05. The predicted octanol–water partition coefficient (Wildman–Crippen LogP) is 2.74. The highest BCUT2D eigenvalue weighted by Crippen LogP contribution is 2.24. The molecule has 0 atom stereocenters. The maximum atomic E-state index is 14.0. The fraction of sp³-hybridized carbons (Fsp3) is 0.250. The van der Waals surface area contributed by atoms with E-state index in [1.165, 1.54) is 10.9 Å². The lowest BCUT2D eigenvalue weighted by Crippen LogP contribution is -2.47. The molecule has 1 N–H and O–H groups in total. The van der Waals surface area contributed by atoms with E-state index in [9.17, 15) is 14.3 Å². The molecule has 0 aliphatic carbocycles. The molecule has 1 saturated heterocycles. The standard InChI is InChI=1S/C20H20FN5O2/c1-14-6-8-15(9-7-14)26-22-18(20(27)28)19(23-26)25-12-10-24(11-13-25)17-5-3-2-4-16(17)21/h2-9H,10-13H2,1H3,(H,27,28). The molecule has 0 bridgehead atoms. The van der Waals surface area contributed by atoms with Gasteiger partial charge < -0.3 is 14.9 Å². The Bertz CT molecular complexity index is 994. The zero-order chi connectivity index (χ0) is 19.7. The predicted molar refractivity (Wildman–Crippen MR) is 104 cm³/mol. The lowest BCUT2D eigenvalue weighted by Gasteiger charge is -2.36. The average molecular weight is 381 g/mol. The van der Waals surface area contributed by atoms with Gasteiger partial charge in [0.2, 0.25) is 5.69 Å². The Morgan fingerprint density at radius 3 is 2.25 bits per heavy atom. The number of aromatic nitrogens is 3. The van der Waals surface area contributed by atoms with Gasteiger partial charge in [0.05, 0.1) is 11.4 Å². The Labute approximate surface area is 161 Å². The van der Waals surface area contributed by atoms with Gasteiger partial charge in [-0.05, 0) is 31.2 Å². The summed E-state index contributed by atoms with van der Waals surface area (Å²) in [6.45, 7) is 4.17. The van der Waals surface area contributed by atoms with Gasteiger partial charge in [-0.25, -0.2) is 9.18 Å². The molecule has 28 heavy (non-hydrogen) atoms. The summed E-state index contributed by atoms with van der Waals surface area (Å²) in [6, 6.07) is 14.2. The van der Waals surface area contributed by atoms with Crippen molar-refractivity contribution in [2.45, 2.75) is 6.92 Å². The summed E-state index contributed by atoms with van der Waals surface area (Å²) >= 11 is 0. The van der Waals surface area contributed by atoms with Crippen LogP contribution in [0.1, 0.15) is 16.1 Å². The minimum Gasteiger partial charge on any atom is -0.476 e. The number of anilines is 2. The van der Waals surface area contributed by atoms with E-state index >= 15 is 0 Å². The van der Waals surface area contributed by atoms with Crippen molar-refractivity contribution in [1.82, 2.24) is 15.0 Å².